The van der Waals surface area contributed by atoms with E-state index in [4.69, 9.17) is 4.74 Å². The van der Waals surface area contributed by atoms with Crippen LogP contribution in [0.5, 0.6) is 0 Å². The van der Waals surface area contributed by atoms with Crippen LogP contribution in [-0.2, 0) is 9.53 Å². The summed E-state index contributed by atoms with van der Waals surface area (Å²) in [7, 11) is 0. The molecule has 2 aliphatic carbocycles. The Kier molecular flexibility index (Phi) is 2.31. The van der Waals surface area contributed by atoms with Crippen molar-refractivity contribution >= 4 is 5.97 Å². The van der Waals surface area contributed by atoms with Crippen molar-refractivity contribution in [2.45, 2.75) is 65.4 Å². The molecule has 0 bridgehead atoms. The van der Waals surface area contributed by atoms with E-state index in [2.05, 4.69) is 27.7 Å². The van der Waals surface area contributed by atoms with Crippen LogP contribution in [0.25, 0.3) is 0 Å². The Hall–Kier alpha value is -0.790. The molecule has 0 aromatic carbocycles. The van der Waals surface area contributed by atoms with Crippen molar-refractivity contribution in [3.05, 3.63) is 11.6 Å². The van der Waals surface area contributed by atoms with E-state index < -0.39 is 0 Å². The molecule has 3 aliphatic rings. The standard InChI is InChI=1S/C16H24O2/c1-14(2)7-5-8-15(3)11(14)6-9-16(4)12(15)10-13(17)18-16/h10-11H,5-9H2,1-4H3. The summed E-state index contributed by atoms with van der Waals surface area (Å²) in [6, 6.07) is 0. The van der Waals surface area contributed by atoms with Gasteiger partial charge in [-0.3, -0.25) is 0 Å². The van der Waals surface area contributed by atoms with Gasteiger partial charge >= 0.3 is 5.97 Å². The first kappa shape index (κ1) is 12.3. The van der Waals surface area contributed by atoms with Gasteiger partial charge in [0.2, 0.25) is 0 Å². The van der Waals surface area contributed by atoms with E-state index in [0.29, 0.717) is 11.3 Å². The molecule has 2 fully saturated rings. The zero-order valence-electron chi connectivity index (χ0n) is 12.0. The molecule has 3 atom stereocenters. The zero-order chi connectivity index (χ0) is 13.2. The minimum atomic E-state index is -0.310. The van der Waals surface area contributed by atoms with Crippen LogP contribution in [0.1, 0.15) is 59.8 Å². The summed E-state index contributed by atoms with van der Waals surface area (Å²) in [6.07, 6.45) is 7.76. The highest BCUT2D eigenvalue weighted by Crippen LogP contribution is 2.63. The fraction of sp³-hybridized carbons (Fsp3) is 0.812. The van der Waals surface area contributed by atoms with Crippen molar-refractivity contribution in [3.63, 3.8) is 0 Å². The number of carbonyl (C=O) groups is 1. The van der Waals surface area contributed by atoms with Crippen LogP contribution in [0.4, 0.5) is 0 Å². The van der Waals surface area contributed by atoms with Gasteiger partial charge in [0.1, 0.15) is 5.60 Å². The van der Waals surface area contributed by atoms with E-state index in [1.54, 1.807) is 6.08 Å². The Morgan fingerprint density at radius 3 is 2.61 bits per heavy atom. The van der Waals surface area contributed by atoms with Gasteiger partial charge < -0.3 is 4.74 Å². The van der Waals surface area contributed by atoms with Gasteiger partial charge in [-0.25, -0.2) is 4.79 Å². The number of fused-ring (bicyclic) bond motifs is 3. The molecule has 3 rings (SSSR count). The fourth-order valence-corrected chi connectivity index (χ4v) is 5.11. The van der Waals surface area contributed by atoms with E-state index >= 15 is 0 Å². The van der Waals surface area contributed by atoms with E-state index in [9.17, 15) is 4.79 Å². The van der Waals surface area contributed by atoms with Gasteiger partial charge in [-0.05, 0) is 54.9 Å². The summed E-state index contributed by atoms with van der Waals surface area (Å²) >= 11 is 0. The first-order valence-corrected chi connectivity index (χ1v) is 7.24. The maximum Gasteiger partial charge on any atom is 0.331 e. The second-order valence-corrected chi connectivity index (χ2v) is 7.56. The molecule has 100 valence electrons. The third-order valence-electron chi connectivity index (χ3n) is 5.91. The molecule has 0 spiro atoms. The highest BCUT2D eigenvalue weighted by Gasteiger charge is 2.58. The van der Waals surface area contributed by atoms with Crippen LogP contribution in [0, 0.1) is 16.7 Å². The van der Waals surface area contributed by atoms with Crippen LogP contribution >= 0.6 is 0 Å². The van der Waals surface area contributed by atoms with Gasteiger partial charge in [-0.15, -0.1) is 0 Å². The molecular formula is C16H24O2. The lowest BCUT2D eigenvalue weighted by Gasteiger charge is -2.57. The predicted molar refractivity (Wildman–Crippen MR) is 71.0 cm³/mol. The molecule has 0 saturated heterocycles. The minimum Gasteiger partial charge on any atom is -0.452 e. The average Bonchev–Trinajstić information content (AvgIpc) is 2.53. The molecule has 0 aromatic rings. The molecule has 1 heterocycles. The maximum atomic E-state index is 11.7. The van der Waals surface area contributed by atoms with Gasteiger partial charge in [-0.2, -0.15) is 0 Å². The number of carbonyl (C=O) groups excluding carboxylic acids is 1. The SMILES string of the molecule is CC12CCC3C(C)(C)CCCC3(C)C1=CC(=O)O2. The largest absolute Gasteiger partial charge is 0.452 e. The van der Waals surface area contributed by atoms with Gasteiger partial charge in [0, 0.05) is 6.08 Å². The highest BCUT2D eigenvalue weighted by molar-refractivity contribution is 5.87. The van der Waals surface area contributed by atoms with Crippen molar-refractivity contribution in [2.24, 2.45) is 16.7 Å². The molecule has 18 heavy (non-hydrogen) atoms. The molecule has 0 amide bonds. The van der Waals surface area contributed by atoms with Crippen LogP contribution in [0.15, 0.2) is 11.6 Å². The quantitative estimate of drug-likeness (QED) is 0.609. The van der Waals surface area contributed by atoms with Crippen LogP contribution in [0.2, 0.25) is 0 Å². The number of rotatable bonds is 0. The lowest BCUT2D eigenvalue weighted by molar-refractivity contribution is -0.149. The second kappa shape index (κ2) is 3.40. The van der Waals surface area contributed by atoms with Gasteiger partial charge in [0.25, 0.3) is 0 Å². The van der Waals surface area contributed by atoms with Gasteiger partial charge in [0.15, 0.2) is 0 Å². The van der Waals surface area contributed by atoms with E-state index in [1.807, 2.05) is 0 Å². The molecule has 0 N–H and O–H groups in total. The lowest BCUT2D eigenvalue weighted by atomic mass is 9.48. The molecular weight excluding hydrogens is 224 g/mol. The van der Waals surface area contributed by atoms with Crippen molar-refractivity contribution < 1.29 is 9.53 Å². The highest BCUT2D eigenvalue weighted by atomic mass is 16.6. The van der Waals surface area contributed by atoms with Crippen LogP contribution < -0.4 is 0 Å². The molecule has 1 aliphatic heterocycles. The number of esters is 1. The normalized spacial score (nSPS) is 45.9. The first-order valence-electron chi connectivity index (χ1n) is 7.24. The van der Waals surface area contributed by atoms with E-state index in [1.165, 1.54) is 31.3 Å². The number of hydrogen-bond acceptors (Lipinski definition) is 2. The third kappa shape index (κ3) is 1.44. The fourth-order valence-electron chi connectivity index (χ4n) is 5.11. The summed E-state index contributed by atoms with van der Waals surface area (Å²) in [5, 5.41) is 0. The maximum absolute atomic E-state index is 11.7. The van der Waals surface area contributed by atoms with Crippen molar-refractivity contribution in [1.29, 1.82) is 0 Å². The predicted octanol–water partition coefficient (Wildman–Crippen LogP) is 3.85. The summed E-state index contributed by atoms with van der Waals surface area (Å²) in [4.78, 5) is 11.7. The second-order valence-electron chi connectivity index (χ2n) is 7.56. The van der Waals surface area contributed by atoms with Crippen molar-refractivity contribution in [1.82, 2.24) is 0 Å². The lowest BCUT2D eigenvalue weighted by Crippen LogP contribution is -2.52. The Morgan fingerprint density at radius 2 is 1.89 bits per heavy atom. The Labute approximate surface area is 110 Å². The monoisotopic (exact) mass is 248 g/mol. The first-order chi connectivity index (χ1) is 8.28. The summed E-state index contributed by atoms with van der Waals surface area (Å²) in [5.74, 6) is 0.560. The van der Waals surface area contributed by atoms with Crippen molar-refractivity contribution in [2.75, 3.05) is 0 Å². The molecule has 0 aromatic heterocycles. The van der Waals surface area contributed by atoms with Crippen LogP contribution in [-0.4, -0.2) is 11.6 Å². The van der Waals surface area contributed by atoms with E-state index in [0.717, 1.165) is 6.42 Å². The topological polar surface area (TPSA) is 26.3 Å². The van der Waals surface area contributed by atoms with E-state index in [-0.39, 0.29) is 17.0 Å². The molecule has 2 heteroatoms. The summed E-state index contributed by atoms with van der Waals surface area (Å²) < 4.78 is 5.60. The molecule has 0 radical (unpaired) electrons. The molecule has 2 nitrogen and oxygen atoms in total. The Bertz CT molecular complexity index is 434. The Morgan fingerprint density at radius 1 is 1.17 bits per heavy atom. The van der Waals surface area contributed by atoms with Crippen LogP contribution in [0.3, 0.4) is 0 Å². The van der Waals surface area contributed by atoms with Gasteiger partial charge in [0.05, 0.1) is 0 Å². The molecule has 3 unspecified atom stereocenters. The number of ether oxygens (including phenoxy) is 1. The minimum absolute atomic E-state index is 0.127. The zero-order valence-corrected chi connectivity index (χ0v) is 12.0. The van der Waals surface area contributed by atoms with Crippen molar-refractivity contribution in [3.8, 4) is 0 Å². The average molecular weight is 248 g/mol. The number of hydrogen-bond donors (Lipinski definition) is 0. The molecule has 2 saturated carbocycles. The van der Waals surface area contributed by atoms with Gasteiger partial charge in [-0.1, -0.05) is 27.2 Å². The summed E-state index contributed by atoms with van der Waals surface area (Å²) in [5.41, 5.74) is 1.53. The third-order valence-corrected chi connectivity index (χ3v) is 5.91. The summed E-state index contributed by atoms with van der Waals surface area (Å²) in [6.45, 7) is 9.27. The Balaban J connectivity index is 2.07. The smallest absolute Gasteiger partial charge is 0.331 e.